The van der Waals surface area contributed by atoms with Crippen LogP contribution in [0.3, 0.4) is 0 Å². The van der Waals surface area contributed by atoms with Gasteiger partial charge in [0.25, 0.3) is 0 Å². The van der Waals surface area contributed by atoms with E-state index in [1.54, 1.807) is 17.3 Å². The average molecular weight is 723 g/mol. The van der Waals surface area contributed by atoms with Gasteiger partial charge in [-0.05, 0) is 143 Å². The van der Waals surface area contributed by atoms with Gasteiger partial charge < -0.3 is 11.1 Å². The first-order chi connectivity index (χ1) is 26.7. The molecule has 11 atom stereocenters. The van der Waals surface area contributed by atoms with E-state index in [0.29, 0.717) is 41.5 Å². The Bertz CT molecular complexity index is 1650. The van der Waals surface area contributed by atoms with Crippen molar-refractivity contribution in [3.8, 4) is 0 Å². The maximum Gasteiger partial charge on any atom is 0.0259 e. The van der Waals surface area contributed by atoms with Gasteiger partial charge in [-0.1, -0.05) is 146 Å². The molecule has 0 radical (unpaired) electrons. The lowest BCUT2D eigenvalue weighted by molar-refractivity contribution is 0.0594. The minimum atomic E-state index is 0.469. The van der Waals surface area contributed by atoms with Crippen LogP contribution >= 0.6 is 0 Å². The molecule has 8 aliphatic carbocycles. The number of hydrogen-bond donors (Lipinski definition) is 2. The molecule has 54 heavy (non-hydrogen) atoms. The zero-order valence-electron chi connectivity index (χ0n) is 33.5. The molecule has 0 aromatic carbocycles. The van der Waals surface area contributed by atoms with Crippen molar-refractivity contribution in [2.24, 2.45) is 64.9 Å². The van der Waals surface area contributed by atoms with E-state index < -0.39 is 0 Å². The van der Waals surface area contributed by atoms with Gasteiger partial charge in [-0.3, -0.25) is 0 Å². The van der Waals surface area contributed by atoms with Crippen molar-refractivity contribution in [1.29, 1.82) is 0 Å². The summed E-state index contributed by atoms with van der Waals surface area (Å²) in [6.07, 6.45) is 62.8. The molecule has 0 aliphatic heterocycles. The summed E-state index contributed by atoms with van der Waals surface area (Å²) < 4.78 is 0. The van der Waals surface area contributed by atoms with Crippen LogP contribution in [0.5, 0.6) is 0 Å². The van der Waals surface area contributed by atoms with Gasteiger partial charge in [0.15, 0.2) is 0 Å². The molecule has 10 unspecified atom stereocenters. The fraction of sp³-hybridized carbons (Fsp3) is 0.577. The van der Waals surface area contributed by atoms with Gasteiger partial charge >= 0.3 is 0 Å². The van der Waals surface area contributed by atoms with Gasteiger partial charge in [-0.15, -0.1) is 0 Å². The highest BCUT2D eigenvalue weighted by atomic mass is 14.9. The molecule has 0 aromatic heterocycles. The molecule has 288 valence electrons. The van der Waals surface area contributed by atoms with E-state index in [9.17, 15) is 0 Å². The van der Waals surface area contributed by atoms with E-state index in [1.807, 2.05) is 11.1 Å². The van der Waals surface area contributed by atoms with Crippen molar-refractivity contribution in [2.75, 3.05) is 6.54 Å². The first-order valence-corrected chi connectivity index (χ1v) is 22.6. The molecule has 2 nitrogen and oxygen atoms in total. The molecule has 0 bridgehead atoms. The third-order valence-electron chi connectivity index (χ3n) is 15.5. The Morgan fingerprint density at radius 2 is 1.65 bits per heavy atom. The Balaban J connectivity index is 1.06. The first-order valence-electron chi connectivity index (χ1n) is 22.6. The zero-order valence-corrected chi connectivity index (χ0v) is 33.5. The molecule has 3 saturated carbocycles. The van der Waals surface area contributed by atoms with Crippen LogP contribution in [0, 0.1) is 59.2 Å². The Morgan fingerprint density at radius 1 is 0.815 bits per heavy atom. The monoisotopic (exact) mass is 723 g/mol. The number of nitrogens with two attached hydrogens (primary N) is 1. The summed E-state index contributed by atoms with van der Waals surface area (Å²) >= 11 is 0. The quantitative estimate of drug-likeness (QED) is 0.208. The van der Waals surface area contributed by atoms with Crippen molar-refractivity contribution in [3.05, 3.63) is 131 Å². The predicted octanol–water partition coefficient (Wildman–Crippen LogP) is 12.8. The highest BCUT2D eigenvalue weighted by Gasteiger charge is 2.43. The van der Waals surface area contributed by atoms with Crippen molar-refractivity contribution < 1.29 is 0 Å². The Kier molecular flexibility index (Phi) is 12.8. The predicted molar refractivity (Wildman–Crippen MR) is 230 cm³/mol. The molecule has 2 heteroatoms. The van der Waals surface area contributed by atoms with Crippen molar-refractivity contribution in [2.45, 2.75) is 122 Å². The molecule has 8 aliphatic rings. The lowest BCUT2D eigenvalue weighted by atomic mass is 9.57. The molecule has 0 amide bonds. The summed E-state index contributed by atoms with van der Waals surface area (Å²) in [5.41, 5.74) is 14.4. The largest absolute Gasteiger partial charge is 0.405 e. The topological polar surface area (TPSA) is 38.0 Å². The van der Waals surface area contributed by atoms with E-state index in [0.717, 1.165) is 36.6 Å². The third kappa shape index (κ3) is 8.50. The molecule has 0 spiro atoms. The Morgan fingerprint density at radius 3 is 2.48 bits per heavy atom. The van der Waals surface area contributed by atoms with Crippen LogP contribution in [0.4, 0.5) is 0 Å². The molecular weight excluding hydrogens is 653 g/mol. The number of hydrogen-bond acceptors (Lipinski definition) is 2. The normalized spacial score (nSPS) is 37.7. The highest BCUT2D eigenvalue weighted by Crippen LogP contribution is 2.53. The Hall–Kier alpha value is -3.10. The lowest BCUT2D eigenvalue weighted by Crippen LogP contribution is -2.42. The summed E-state index contributed by atoms with van der Waals surface area (Å²) in [7, 11) is 0. The first kappa shape index (κ1) is 37.8. The summed E-state index contributed by atoms with van der Waals surface area (Å²) in [4.78, 5) is 0. The van der Waals surface area contributed by atoms with E-state index in [4.69, 9.17) is 5.73 Å². The van der Waals surface area contributed by atoms with Gasteiger partial charge in [0.05, 0.1) is 0 Å². The summed E-state index contributed by atoms with van der Waals surface area (Å²) in [6.45, 7) is 3.71. The molecule has 0 heterocycles. The second kappa shape index (κ2) is 18.2. The van der Waals surface area contributed by atoms with Gasteiger partial charge in [0, 0.05) is 30.3 Å². The number of allylic oxidation sites excluding steroid dienone is 19. The molecule has 0 saturated heterocycles. The third-order valence-corrected chi connectivity index (χ3v) is 15.5. The van der Waals surface area contributed by atoms with Crippen LogP contribution < -0.4 is 11.1 Å². The van der Waals surface area contributed by atoms with Crippen LogP contribution in [-0.2, 0) is 0 Å². The van der Waals surface area contributed by atoms with Crippen LogP contribution in [0.2, 0.25) is 0 Å². The summed E-state index contributed by atoms with van der Waals surface area (Å²) in [5, 5.41) is 4.24. The van der Waals surface area contributed by atoms with Crippen LogP contribution in [0.25, 0.3) is 0 Å². The van der Waals surface area contributed by atoms with Crippen LogP contribution in [-0.4, -0.2) is 12.6 Å². The summed E-state index contributed by atoms with van der Waals surface area (Å²) in [6, 6.07) is 0.469. The molecular formula is C52H70N2. The standard InChI is InChI=1S/C52H70N2/c1-37(38-26-28-42(29-27-38)47-22-9-8-21-46(47)40-16-3-2-4-17-40)45-20-7-11-24-49(45)52(36-54-44-32-30-39-15-5-6-19-43(39)35-44)51-33-31-41(18-13-14-34-53)48-23-10-12-25-50(48)51/h3,5-6,8-9,14-17,19,21-22,26,28,30,32,34,37,39,41,43-48,50-51,54H,2,4,7,10-13,18,20,23-25,27,29,31,33,35-36,53H2,1H3/b34-14-,52-49+/t37?,39?,41?,43?,44?,45?,46?,47?,48-,50?,51?/m1/s1. The fourth-order valence-corrected chi connectivity index (χ4v) is 12.7. The summed E-state index contributed by atoms with van der Waals surface area (Å²) in [5.74, 6) is 6.88. The van der Waals surface area contributed by atoms with Crippen LogP contribution in [0.15, 0.2) is 131 Å². The van der Waals surface area contributed by atoms with E-state index in [-0.39, 0.29) is 0 Å². The molecule has 8 rings (SSSR count). The lowest BCUT2D eigenvalue weighted by Gasteiger charge is -2.48. The Labute approximate surface area is 329 Å². The highest BCUT2D eigenvalue weighted by molar-refractivity contribution is 5.40. The van der Waals surface area contributed by atoms with Gasteiger partial charge in [0.2, 0.25) is 0 Å². The molecule has 0 aromatic rings. The number of nitrogens with one attached hydrogen (secondary N) is 1. The smallest absolute Gasteiger partial charge is 0.0259 e. The van der Waals surface area contributed by atoms with E-state index in [1.165, 1.54) is 108 Å². The molecule has 3 fully saturated rings. The number of fused-ring (bicyclic) bond motifs is 2. The molecule has 3 N–H and O–H groups in total. The van der Waals surface area contributed by atoms with E-state index in [2.05, 4.69) is 109 Å². The SMILES string of the molecule is CC(C1=CC=C(C2C=CC=CC2C2=CCCC=C2)CC1)C1CCCC/C1=C(/CNC1C=CC2C=CC=CC2C1)C1CCC(CC/C=C\N)[C@H]2CCCCC12. The maximum absolute atomic E-state index is 5.80. The minimum Gasteiger partial charge on any atom is -0.405 e. The second-order valence-corrected chi connectivity index (χ2v) is 18.4. The second-order valence-electron chi connectivity index (χ2n) is 18.4. The van der Waals surface area contributed by atoms with Gasteiger partial charge in [-0.2, -0.15) is 0 Å². The van der Waals surface area contributed by atoms with Gasteiger partial charge in [-0.25, -0.2) is 0 Å². The van der Waals surface area contributed by atoms with Crippen molar-refractivity contribution in [1.82, 2.24) is 5.32 Å². The van der Waals surface area contributed by atoms with E-state index >= 15 is 0 Å². The average Bonchev–Trinajstić information content (AvgIpc) is 3.24. The minimum absolute atomic E-state index is 0.469. The fourth-order valence-electron chi connectivity index (χ4n) is 12.7. The number of rotatable bonds is 11. The van der Waals surface area contributed by atoms with Gasteiger partial charge in [0.1, 0.15) is 0 Å². The zero-order chi connectivity index (χ0) is 36.7. The van der Waals surface area contributed by atoms with Crippen LogP contribution in [0.1, 0.15) is 116 Å². The van der Waals surface area contributed by atoms with Crippen molar-refractivity contribution in [3.63, 3.8) is 0 Å². The maximum atomic E-state index is 5.80. The van der Waals surface area contributed by atoms with Crippen molar-refractivity contribution >= 4 is 0 Å².